The van der Waals surface area contributed by atoms with Crippen molar-refractivity contribution in [3.63, 3.8) is 0 Å². The largest absolute Gasteiger partial charge is 0.478 e. The number of carbonyl (C=O) groups is 2. The van der Waals surface area contributed by atoms with Gasteiger partial charge in [0.25, 0.3) is 0 Å². The van der Waals surface area contributed by atoms with E-state index in [-0.39, 0.29) is 12.3 Å². The second-order valence-electron chi connectivity index (χ2n) is 8.97. The molecule has 2 heterocycles. The Morgan fingerprint density at radius 2 is 1.89 bits per heavy atom. The number of nitrogens with one attached hydrogen (secondary N) is 1. The molecule has 35 heavy (non-hydrogen) atoms. The van der Waals surface area contributed by atoms with Gasteiger partial charge in [0.15, 0.2) is 0 Å². The fourth-order valence-corrected chi connectivity index (χ4v) is 6.49. The molecule has 178 valence electrons. The van der Waals surface area contributed by atoms with E-state index in [0.29, 0.717) is 5.56 Å². The number of hydrazone groups is 1. The third-order valence-corrected chi connectivity index (χ3v) is 7.94. The number of carboxylic acid groups (broad SMARTS) is 1. The molecule has 1 aliphatic carbocycles. The van der Waals surface area contributed by atoms with Crippen molar-refractivity contribution in [2.75, 3.05) is 0 Å². The van der Waals surface area contributed by atoms with Crippen LogP contribution in [0.15, 0.2) is 53.6 Å². The van der Waals surface area contributed by atoms with E-state index in [1.165, 1.54) is 4.88 Å². The summed E-state index contributed by atoms with van der Waals surface area (Å²) >= 11 is 1.58. The number of rotatable bonds is 6. The van der Waals surface area contributed by atoms with Crippen LogP contribution in [0.3, 0.4) is 0 Å². The van der Waals surface area contributed by atoms with Gasteiger partial charge in [-0.15, -0.1) is 11.3 Å². The summed E-state index contributed by atoms with van der Waals surface area (Å²) in [4.78, 5) is 25.9. The molecular formula is C28H27N3O3S. The van der Waals surface area contributed by atoms with E-state index in [1.807, 2.05) is 66.9 Å². The van der Waals surface area contributed by atoms with E-state index in [2.05, 4.69) is 10.5 Å². The maximum atomic E-state index is 12.6. The molecule has 5 rings (SSSR count). The molecule has 0 spiro atoms. The molecule has 0 fully saturated rings. The summed E-state index contributed by atoms with van der Waals surface area (Å²) in [5, 5.41) is 17.1. The summed E-state index contributed by atoms with van der Waals surface area (Å²) in [5.41, 5.74) is 7.70. The number of hydrogen-bond acceptors (Lipinski definition) is 4. The number of aromatic nitrogens is 1. The van der Waals surface area contributed by atoms with Gasteiger partial charge in [0.1, 0.15) is 5.00 Å². The van der Waals surface area contributed by atoms with Crippen LogP contribution in [-0.2, 0) is 24.1 Å². The molecule has 0 aliphatic heterocycles. The van der Waals surface area contributed by atoms with E-state index in [9.17, 15) is 14.7 Å². The topological polar surface area (TPSA) is 83.7 Å². The van der Waals surface area contributed by atoms with Crippen molar-refractivity contribution in [3.8, 4) is 5.00 Å². The number of carbonyl (C=O) groups excluding carboxylic acids is 1. The Hall–Kier alpha value is -3.71. The summed E-state index contributed by atoms with van der Waals surface area (Å²) < 4.78 is 2.01. The zero-order valence-corrected chi connectivity index (χ0v) is 20.6. The number of fused-ring (bicyclic) bond motifs is 2. The summed E-state index contributed by atoms with van der Waals surface area (Å²) in [5.74, 6) is -1.06. The maximum absolute atomic E-state index is 12.6. The van der Waals surface area contributed by atoms with E-state index in [0.717, 1.165) is 69.5 Å². The SMILES string of the molecule is Cc1cc(/C=N\NC(=O)Cc2cccc3ccccc23)c(C)n1-c1sc2c(c1C(=O)O)CCCC2. The summed E-state index contributed by atoms with van der Waals surface area (Å²) in [6, 6.07) is 15.9. The van der Waals surface area contributed by atoms with Crippen LogP contribution < -0.4 is 5.43 Å². The number of carboxylic acids is 1. The number of nitrogens with zero attached hydrogens (tertiary/aromatic N) is 2. The minimum Gasteiger partial charge on any atom is -0.478 e. The minimum atomic E-state index is -0.872. The van der Waals surface area contributed by atoms with Crippen LogP contribution in [0.1, 0.15) is 56.2 Å². The molecule has 6 nitrogen and oxygen atoms in total. The second kappa shape index (κ2) is 9.50. The molecule has 2 N–H and O–H groups in total. The molecule has 2 aromatic carbocycles. The minimum absolute atomic E-state index is 0.189. The Bertz CT molecular complexity index is 1470. The fourth-order valence-electron chi connectivity index (χ4n) is 4.99. The number of benzene rings is 2. The third-order valence-electron chi connectivity index (χ3n) is 6.66. The first-order valence-electron chi connectivity index (χ1n) is 11.8. The van der Waals surface area contributed by atoms with Crippen molar-refractivity contribution in [1.82, 2.24) is 9.99 Å². The van der Waals surface area contributed by atoms with Gasteiger partial charge in [0.2, 0.25) is 5.91 Å². The lowest BCUT2D eigenvalue weighted by Gasteiger charge is -2.11. The fraction of sp³-hybridized carbons (Fsp3) is 0.250. The predicted octanol–water partition coefficient (Wildman–Crippen LogP) is 5.58. The number of aryl methyl sites for hydroxylation is 2. The van der Waals surface area contributed by atoms with Gasteiger partial charge in [-0.1, -0.05) is 42.5 Å². The molecule has 1 aliphatic rings. The van der Waals surface area contributed by atoms with Crippen molar-refractivity contribution < 1.29 is 14.7 Å². The zero-order chi connectivity index (χ0) is 24.5. The van der Waals surface area contributed by atoms with Crippen molar-refractivity contribution in [3.05, 3.63) is 87.0 Å². The van der Waals surface area contributed by atoms with Gasteiger partial charge in [0, 0.05) is 21.8 Å². The van der Waals surface area contributed by atoms with Gasteiger partial charge in [-0.05, 0) is 67.5 Å². The van der Waals surface area contributed by atoms with Crippen molar-refractivity contribution in [1.29, 1.82) is 0 Å². The highest BCUT2D eigenvalue weighted by Gasteiger charge is 2.27. The van der Waals surface area contributed by atoms with Gasteiger partial charge < -0.3 is 9.67 Å². The predicted molar refractivity (Wildman–Crippen MR) is 140 cm³/mol. The van der Waals surface area contributed by atoms with Crippen molar-refractivity contribution in [2.45, 2.75) is 46.0 Å². The Kier molecular flexibility index (Phi) is 6.26. The smallest absolute Gasteiger partial charge is 0.339 e. The molecule has 0 saturated carbocycles. The van der Waals surface area contributed by atoms with Gasteiger partial charge in [-0.2, -0.15) is 5.10 Å². The molecule has 0 atom stereocenters. The maximum Gasteiger partial charge on any atom is 0.339 e. The van der Waals surface area contributed by atoms with Gasteiger partial charge in [-0.25, -0.2) is 10.2 Å². The average molecular weight is 486 g/mol. The standard InChI is InChI=1S/C28H27N3O3S/c1-17-14-21(16-29-30-25(32)15-20-10-7-9-19-8-3-4-11-22(19)20)18(2)31(17)27-26(28(33)34)23-12-5-6-13-24(23)35-27/h3-4,7-11,14,16H,5-6,12-13,15H2,1-2H3,(H,30,32)(H,33,34)/b29-16-. The lowest BCUT2D eigenvalue weighted by Crippen LogP contribution is -2.20. The van der Waals surface area contributed by atoms with E-state index in [4.69, 9.17) is 0 Å². The van der Waals surface area contributed by atoms with Gasteiger partial charge >= 0.3 is 5.97 Å². The molecule has 0 unspecified atom stereocenters. The van der Waals surface area contributed by atoms with Crippen LogP contribution in [0.25, 0.3) is 15.8 Å². The molecule has 0 bridgehead atoms. The van der Waals surface area contributed by atoms with Crippen LogP contribution >= 0.6 is 11.3 Å². The van der Waals surface area contributed by atoms with Crippen LogP contribution in [0.4, 0.5) is 0 Å². The summed E-state index contributed by atoms with van der Waals surface area (Å²) in [7, 11) is 0. The van der Waals surface area contributed by atoms with Crippen molar-refractivity contribution in [2.24, 2.45) is 5.10 Å². The molecule has 7 heteroatoms. The highest BCUT2D eigenvalue weighted by Crippen LogP contribution is 2.38. The highest BCUT2D eigenvalue weighted by molar-refractivity contribution is 7.15. The number of aromatic carboxylic acids is 1. The van der Waals surface area contributed by atoms with Crippen LogP contribution in [0, 0.1) is 13.8 Å². The highest BCUT2D eigenvalue weighted by atomic mass is 32.1. The summed E-state index contributed by atoms with van der Waals surface area (Å²) in [6.07, 6.45) is 5.77. The van der Waals surface area contributed by atoms with Crippen LogP contribution in [0.2, 0.25) is 0 Å². The Morgan fingerprint density at radius 1 is 1.11 bits per heavy atom. The summed E-state index contributed by atoms with van der Waals surface area (Å²) in [6.45, 7) is 3.92. The monoisotopic (exact) mass is 485 g/mol. The third kappa shape index (κ3) is 4.39. The quantitative estimate of drug-likeness (QED) is 0.276. The second-order valence-corrected chi connectivity index (χ2v) is 10.0. The van der Waals surface area contributed by atoms with E-state index in [1.54, 1.807) is 17.6 Å². The Labute approximate surface area is 207 Å². The molecular weight excluding hydrogens is 458 g/mol. The molecule has 0 radical (unpaired) electrons. The first-order chi connectivity index (χ1) is 16.9. The van der Waals surface area contributed by atoms with Gasteiger partial charge in [-0.3, -0.25) is 4.79 Å². The van der Waals surface area contributed by atoms with Crippen LogP contribution in [-0.4, -0.2) is 27.8 Å². The Morgan fingerprint density at radius 3 is 2.71 bits per heavy atom. The lowest BCUT2D eigenvalue weighted by atomic mass is 9.95. The van der Waals surface area contributed by atoms with Gasteiger partial charge in [0.05, 0.1) is 18.2 Å². The van der Waals surface area contributed by atoms with E-state index < -0.39 is 5.97 Å². The van der Waals surface area contributed by atoms with E-state index >= 15 is 0 Å². The average Bonchev–Trinajstić information content (AvgIpc) is 3.35. The Balaban J connectivity index is 1.36. The molecule has 1 amide bonds. The molecule has 0 saturated heterocycles. The van der Waals surface area contributed by atoms with Crippen molar-refractivity contribution >= 4 is 40.2 Å². The molecule has 4 aromatic rings. The molecule has 2 aromatic heterocycles. The number of thiophene rings is 1. The lowest BCUT2D eigenvalue weighted by molar-refractivity contribution is -0.120. The zero-order valence-electron chi connectivity index (χ0n) is 19.8. The first-order valence-corrected chi connectivity index (χ1v) is 12.6. The number of hydrogen-bond donors (Lipinski definition) is 2. The first kappa shape index (κ1) is 23.1. The van der Waals surface area contributed by atoms with Crippen LogP contribution in [0.5, 0.6) is 0 Å². The normalized spacial score (nSPS) is 13.3. The number of amides is 1.